The van der Waals surface area contributed by atoms with E-state index in [-0.39, 0.29) is 5.12 Å². The Morgan fingerprint density at radius 2 is 2.44 bits per heavy atom. The van der Waals surface area contributed by atoms with Gasteiger partial charge < -0.3 is 0 Å². The predicted octanol–water partition coefficient (Wildman–Crippen LogP) is 2.25. The highest BCUT2D eigenvalue weighted by molar-refractivity contribution is 8.13. The molecule has 0 saturated carbocycles. The summed E-state index contributed by atoms with van der Waals surface area (Å²) in [5.74, 6) is 0.693. The lowest BCUT2D eigenvalue weighted by Crippen LogP contribution is -1.82. The van der Waals surface area contributed by atoms with E-state index in [1.165, 1.54) is 11.8 Å². The zero-order chi connectivity index (χ0) is 11.4. The third-order valence-corrected chi connectivity index (χ3v) is 2.77. The van der Waals surface area contributed by atoms with Crippen LogP contribution in [-0.2, 0) is 4.79 Å². The number of hydrogen-bond acceptors (Lipinski definition) is 4. The normalized spacial score (nSPS) is 11.3. The predicted molar refractivity (Wildman–Crippen MR) is 66.1 cm³/mol. The van der Waals surface area contributed by atoms with Crippen molar-refractivity contribution in [2.75, 3.05) is 5.75 Å². The Kier molecular flexibility index (Phi) is 3.36. The quantitative estimate of drug-likeness (QED) is 0.883. The summed E-state index contributed by atoms with van der Waals surface area (Å²) in [7, 11) is 0. The molecule has 2 aromatic rings. The second-order valence-electron chi connectivity index (χ2n) is 3.28. The van der Waals surface area contributed by atoms with E-state index < -0.39 is 0 Å². The molecule has 0 aliphatic rings. The number of nitrogens with one attached hydrogen (secondary N) is 1. The first-order valence-corrected chi connectivity index (χ1v) is 5.83. The molecule has 1 N–H and O–H groups in total. The zero-order valence-electron chi connectivity index (χ0n) is 8.80. The fourth-order valence-corrected chi connectivity index (χ4v) is 1.72. The number of fused-ring (bicyclic) bond motifs is 1. The lowest BCUT2D eigenvalue weighted by atomic mass is 10.2. The minimum absolute atomic E-state index is 0.132. The van der Waals surface area contributed by atoms with Crippen LogP contribution in [0.1, 0.15) is 12.5 Å². The van der Waals surface area contributed by atoms with Crippen molar-refractivity contribution >= 4 is 34.0 Å². The number of thioether (sulfide) groups is 1. The summed E-state index contributed by atoms with van der Waals surface area (Å²) < 4.78 is 0. The van der Waals surface area contributed by atoms with Crippen LogP contribution in [0.4, 0.5) is 0 Å². The van der Waals surface area contributed by atoms with Gasteiger partial charge in [0.05, 0.1) is 6.20 Å². The second-order valence-corrected chi connectivity index (χ2v) is 4.48. The Labute approximate surface area is 97.1 Å². The van der Waals surface area contributed by atoms with Crippen molar-refractivity contribution in [3.05, 3.63) is 30.1 Å². The molecular formula is C11H11N3OS. The van der Waals surface area contributed by atoms with Crippen LogP contribution in [0.5, 0.6) is 0 Å². The average Bonchev–Trinajstić information content (AvgIpc) is 2.71. The molecule has 0 spiro atoms. The Morgan fingerprint density at radius 3 is 3.25 bits per heavy atom. The Morgan fingerprint density at radius 1 is 1.56 bits per heavy atom. The van der Waals surface area contributed by atoms with Gasteiger partial charge in [0.1, 0.15) is 0 Å². The summed E-state index contributed by atoms with van der Waals surface area (Å²) >= 11 is 1.29. The van der Waals surface area contributed by atoms with E-state index in [4.69, 9.17) is 0 Å². The van der Waals surface area contributed by atoms with Crippen LogP contribution >= 0.6 is 11.8 Å². The standard InChI is InChI=1S/C11H11N3OS/c1-8(15)16-4-2-3-9-5-10-7-13-14-11(10)12-6-9/h2-3,5-7H,4H2,1H3,(H,12,13,14). The van der Waals surface area contributed by atoms with Crippen LogP contribution < -0.4 is 0 Å². The van der Waals surface area contributed by atoms with Gasteiger partial charge in [-0.05, 0) is 11.6 Å². The van der Waals surface area contributed by atoms with Crippen molar-refractivity contribution in [3.63, 3.8) is 0 Å². The molecule has 4 nitrogen and oxygen atoms in total. The van der Waals surface area contributed by atoms with E-state index in [0.717, 1.165) is 16.6 Å². The van der Waals surface area contributed by atoms with Crippen molar-refractivity contribution in [1.29, 1.82) is 0 Å². The molecular weight excluding hydrogens is 222 g/mol. The molecule has 0 radical (unpaired) electrons. The summed E-state index contributed by atoms with van der Waals surface area (Å²) in [5, 5.41) is 7.82. The van der Waals surface area contributed by atoms with E-state index in [1.54, 1.807) is 19.3 Å². The summed E-state index contributed by atoms with van der Waals surface area (Å²) in [6, 6.07) is 2.00. The van der Waals surface area contributed by atoms with Crippen LogP contribution in [0.15, 0.2) is 24.5 Å². The maximum absolute atomic E-state index is 10.7. The van der Waals surface area contributed by atoms with Gasteiger partial charge in [-0.15, -0.1) is 0 Å². The number of H-pyrrole nitrogens is 1. The molecule has 2 heterocycles. The van der Waals surface area contributed by atoms with Crippen molar-refractivity contribution < 1.29 is 4.79 Å². The SMILES string of the molecule is CC(=O)SCC=Cc1cnc2[nH]ncc2c1. The van der Waals surface area contributed by atoms with Gasteiger partial charge in [0, 0.05) is 24.3 Å². The number of carbonyl (C=O) groups excluding carboxylic acids is 1. The first-order chi connectivity index (χ1) is 7.75. The van der Waals surface area contributed by atoms with Crippen LogP contribution in [-0.4, -0.2) is 26.0 Å². The summed E-state index contributed by atoms with van der Waals surface area (Å²) in [6.45, 7) is 1.57. The molecule has 82 valence electrons. The minimum Gasteiger partial charge on any atom is -0.288 e. The fourth-order valence-electron chi connectivity index (χ4n) is 1.29. The molecule has 0 aromatic carbocycles. The summed E-state index contributed by atoms with van der Waals surface area (Å²) in [5.41, 5.74) is 1.80. The molecule has 0 unspecified atom stereocenters. The highest BCUT2D eigenvalue weighted by Crippen LogP contribution is 2.11. The smallest absolute Gasteiger partial charge is 0.186 e. The van der Waals surface area contributed by atoms with Crippen LogP contribution in [0.3, 0.4) is 0 Å². The highest BCUT2D eigenvalue weighted by atomic mass is 32.2. The van der Waals surface area contributed by atoms with Crippen molar-refractivity contribution in [2.45, 2.75) is 6.92 Å². The van der Waals surface area contributed by atoms with E-state index in [0.29, 0.717) is 5.75 Å². The molecule has 0 amide bonds. The third kappa shape index (κ3) is 2.70. The van der Waals surface area contributed by atoms with Gasteiger partial charge in [-0.2, -0.15) is 5.10 Å². The molecule has 0 aliphatic carbocycles. The topological polar surface area (TPSA) is 58.6 Å². The fraction of sp³-hybridized carbons (Fsp3) is 0.182. The molecule has 0 fully saturated rings. The number of rotatable bonds is 3. The van der Waals surface area contributed by atoms with Crippen molar-refractivity contribution in [2.24, 2.45) is 0 Å². The number of aromatic amines is 1. The van der Waals surface area contributed by atoms with Crippen LogP contribution in [0.25, 0.3) is 17.1 Å². The maximum Gasteiger partial charge on any atom is 0.186 e. The van der Waals surface area contributed by atoms with Crippen LogP contribution in [0.2, 0.25) is 0 Å². The lowest BCUT2D eigenvalue weighted by Gasteiger charge is -1.93. The zero-order valence-corrected chi connectivity index (χ0v) is 9.62. The number of aromatic nitrogens is 3. The van der Waals surface area contributed by atoms with Gasteiger partial charge in [-0.1, -0.05) is 23.9 Å². The molecule has 5 heteroatoms. The second kappa shape index (κ2) is 4.94. The number of carbonyl (C=O) groups is 1. The largest absolute Gasteiger partial charge is 0.288 e. The van der Waals surface area contributed by atoms with Crippen molar-refractivity contribution in [3.8, 4) is 0 Å². The van der Waals surface area contributed by atoms with Gasteiger partial charge in [0.2, 0.25) is 0 Å². The van der Waals surface area contributed by atoms with Gasteiger partial charge >= 0.3 is 0 Å². The van der Waals surface area contributed by atoms with Crippen LogP contribution in [0, 0.1) is 0 Å². The Bertz CT molecular complexity index is 533. The molecule has 0 bridgehead atoms. The van der Waals surface area contributed by atoms with Crippen molar-refractivity contribution in [1.82, 2.24) is 15.2 Å². The van der Waals surface area contributed by atoms with Gasteiger partial charge in [0.15, 0.2) is 10.8 Å². The molecule has 0 saturated heterocycles. The molecule has 2 aromatic heterocycles. The number of pyridine rings is 1. The molecule has 0 atom stereocenters. The van der Waals surface area contributed by atoms with Gasteiger partial charge in [0.25, 0.3) is 0 Å². The van der Waals surface area contributed by atoms with E-state index >= 15 is 0 Å². The third-order valence-electron chi connectivity index (χ3n) is 2.01. The van der Waals surface area contributed by atoms with E-state index in [9.17, 15) is 4.79 Å². The molecule has 0 aliphatic heterocycles. The summed E-state index contributed by atoms with van der Waals surface area (Å²) in [4.78, 5) is 14.9. The van der Waals surface area contributed by atoms with Gasteiger partial charge in [-0.25, -0.2) is 4.98 Å². The summed E-state index contributed by atoms with van der Waals surface area (Å²) in [6.07, 6.45) is 7.42. The minimum atomic E-state index is 0.132. The average molecular weight is 233 g/mol. The number of hydrogen-bond donors (Lipinski definition) is 1. The monoisotopic (exact) mass is 233 g/mol. The number of nitrogens with zero attached hydrogens (tertiary/aromatic N) is 2. The first kappa shape index (κ1) is 10.9. The van der Waals surface area contributed by atoms with Gasteiger partial charge in [-0.3, -0.25) is 9.89 Å². The maximum atomic E-state index is 10.7. The van der Waals surface area contributed by atoms with E-state index in [2.05, 4.69) is 15.2 Å². The van der Waals surface area contributed by atoms with E-state index in [1.807, 2.05) is 18.2 Å². The lowest BCUT2D eigenvalue weighted by molar-refractivity contribution is -0.109. The first-order valence-electron chi connectivity index (χ1n) is 4.85. The highest BCUT2D eigenvalue weighted by Gasteiger charge is 1.96. The Balaban J connectivity index is 2.06. The molecule has 16 heavy (non-hydrogen) atoms. The Hall–Kier alpha value is -1.62. The molecule has 2 rings (SSSR count).